The molecule has 0 aliphatic carbocycles. The van der Waals surface area contributed by atoms with E-state index in [0.717, 1.165) is 28.2 Å². The molecule has 108 valence electrons. The van der Waals surface area contributed by atoms with Crippen molar-refractivity contribution in [3.8, 4) is 0 Å². The van der Waals surface area contributed by atoms with Crippen LogP contribution in [0.2, 0.25) is 0 Å². The molecule has 0 bridgehead atoms. The molecule has 0 spiro atoms. The number of carbonyl (C=O) groups is 1. The van der Waals surface area contributed by atoms with E-state index in [1.807, 2.05) is 43.3 Å². The highest BCUT2D eigenvalue weighted by molar-refractivity contribution is 7.00. The standard InChI is InChI=1S/C16H11N3O2S/c1-9-6-7-11-15(19-22-18-11)14(9)17-16(20)13-8-10-4-2-3-5-12(10)21-13/h2-8H,1H3,(H,17,20). The maximum atomic E-state index is 12.5. The first-order valence-electron chi connectivity index (χ1n) is 6.74. The molecule has 6 heteroatoms. The van der Waals surface area contributed by atoms with E-state index in [0.29, 0.717) is 16.8 Å². The Morgan fingerprint density at radius 3 is 2.91 bits per heavy atom. The summed E-state index contributed by atoms with van der Waals surface area (Å²) >= 11 is 1.13. The lowest BCUT2D eigenvalue weighted by atomic mass is 10.1. The monoisotopic (exact) mass is 309 g/mol. The molecule has 0 unspecified atom stereocenters. The van der Waals surface area contributed by atoms with Crippen LogP contribution in [0.5, 0.6) is 0 Å². The third-order valence-electron chi connectivity index (χ3n) is 3.52. The molecule has 0 fully saturated rings. The van der Waals surface area contributed by atoms with E-state index < -0.39 is 0 Å². The molecule has 0 saturated carbocycles. The number of nitrogens with zero attached hydrogens (tertiary/aromatic N) is 2. The summed E-state index contributed by atoms with van der Waals surface area (Å²) in [6.45, 7) is 1.92. The van der Waals surface area contributed by atoms with Gasteiger partial charge in [0.1, 0.15) is 16.6 Å². The minimum absolute atomic E-state index is 0.279. The number of hydrogen-bond donors (Lipinski definition) is 1. The van der Waals surface area contributed by atoms with Crippen molar-refractivity contribution in [3.05, 3.63) is 53.8 Å². The Bertz CT molecular complexity index is 970. The fourth-order valence-electron chi connectivity index (χ4n) is 2.38. The Hall–Kier alpha value is -2.73. The zero-order chi connectivity index (χ0) is 15.1. The minimum atomic E-state index is -0.292. The normalized spacial score (nSPS) is 11.1. The predicted octanol–water partition coefficient (Wildman–Crippen LogP) is 4.00. The molecule has 4 rings (SSSR count). The van der Waals surface area contributed by atoms with E-state index in [1.54, 1.807) is 6.07 Å². The second-order valence-electron chi connectivity index (χ2n) is 4.99. The number of rotatable bonds is 2. The van der Waals surface area contributed by atoms with Gasteiger partial charge in [0.25, 0.3) is 5.91 Å². The summed E-state index contributed by atoms with van der Waals surface area (Å²) < 4.78 is 14.0. The average Bonchev–Trinajstić information content (AvgIpc) is 3.16. The minimum Gasteiger partial charge on any atom is -0.451 e. The van der Waals surface area contributed by atoms with E-state index >= 15 is 0 Å². The van der Waals surface area contributed by atoms with Crippen LogP contribution in [0.3, 0.4) is 0 Å². The van der Waals surface area contributed by atoms with Crippen LogP contribution in [0.15, 0.2) is 46.9 Å². The fraction of sp³-hybridized carbons (Fsp3) is 0.0625. The third kappa shape index (κ3) is 2.05. The Morgan fingerprint density at radius 2 is 2.05 bits per heavy atom. The van der Waals surface area contributed by atoms with Crippen molar-refractivity contribution in [2.24, 2.45) is 0 Å². The van der Waals surface area contributed by atoms with Gasteiger partial charge < -0.3 is 9.73 Å². The maximum absolute atomic E-state index is 12.5. The molecule has 0 aliphatic heterocycles. The van der Waals surface area contributed by atoms with Gasteiger partial charge in [0.2, 0.25) is 0 Å². The number of aromatic nitrogens is 2. The third-order valence-corrected chi connectivity index (χ3v) is 4.07. The zero-order valence-corrected chi connectivity index (χ0v) is 12.5. The molecule has 2 aromatic carbocycles. The van der Waals surface area contributed by atoms with Crippen molar-refractivity contribution >= 4 is 45.3 Å². The van der Waals surface area contributed by atoms with Crippen molar-refractivity contribution in [1.82, 2.24) is 8.75 Å². The number of anilines is 1. The summed E-state index contributed by atoms with van der Waals surface area (Å²) in [5.74, 6) is -0.0133. The molecule has 4 aromatic rings. The number of carbonyl (C=O) groups excluding carboxylic acids is 1. The van der Waals surface area contributed by atoms with E-state index in [4.69, 9.17) is 4.42 Å². The van der Waals surface area contributed by atoms with Crippen LogP contribution < -0.4 is 5.32 Å². The number of furan rings is 1. The molecule has 0 saturated heterocycles. The summed E-state index contributed by atoms with van der Waals surface area (Å²) in [5.41, 5.74) is 3.78. The summed E-state index contributed by atoms with van der Waals surface area (Å²) in [4.78, 5) is 12.5. The van der Waals surface area contributed by atoms with Crippen LogP contribution in [0.25, 0.3) is 22.0 Å². The highest BCUT2D eigenvalue weighted by atomic mass is 32.1. The highest BCUT2D eigenvalue weighted by Gasteiger charge is 2.16. The van der Waals surface area contributed by atoms with Crippen molar-refractivity contribution < 1.29 is 9.21 Å². The largest absolute Gasteiger partial charge is 0.451 e. The first-order valence-corrected chi connectivity index (χ1v) is 7.47. The summed E-state index contributed by atoms with van der Waals surface area (Å²) in [6.07, 6.45) is 0. The van der Waals surface area contributed by atoms with Crippen LogP contribution >= 0.6 is 11.7 Å². The second-order valence-corrected chi connectivity index (χ2v) is 5.52. The van der Waals surface area contributed by atoms with E-state index in [9.17, 15) is 4.79 Å². The lowest BCUT2D eigenvalue weighted by Gasteiger charge is -2.07. The van der Waals surface area contributed by atoms with Gasteiger partial charge in [-0.1, -0.05) is 24.3 Å². The maximum Gasteiger partial charge on any atom is 0.291 e. The van der Waals surface area contributed by atoms with E-state index in [1.165, 1.54) is 0 Å². The molecule has 2 heterocycles. The van der Waals surface area contributed by atoms with E-state index in [2.05, 4.69) is 14.1 Å². The lowest BCUT2D eigenvalue weighted by molar-refractivity contribution is 0.0998. The lowest BCUT2D eigenvalue weighted by Crippen LogP contribution is -2.12. The molecular formula is C16H11N3O2S. The topological polar surface area (TPSA) is 68.0 Å². The van der Waals surface area contributed by atoms with Gasteiger partial charge in [-0.2, -0.15) is 8.75 Å². The molecule has 0 aliphatic rings. The molecule has 22 heavy (non-hydrogen) atoms. The predicted molar refractivity (Wildman–Crippen MR) is 86.3 cm³/mol. The van der Waals surface area contributed by atoms with Crippen molar-refractivity contribution in [3.63, 3.8) is 0 Å². The molecule has 0 atom stereocenters. The fourth-order valence-corrected chi connectivity index (χ4v) is 2.92. The van der Waals surface area contributed by atoms with Crippen LogP contribution in [0, 0.1) is 6.92 Å². The summed E-state index contributed by atoms with van der Waals surface area (Å²) in [5, 5.41) is 3.79. The van der Waals surface area contributed by atoms with Crippen molar-refractivity contribution in [2.75, 3.05) is 5.32 Å². The number of benzene rings is 2. The molecule has 5 nitrogen and oxygen atoms in total. The Labute approximate surface area is 129 Å². The number of nitrogens with one attached hydrogen (secondary N) is 1. The SMILES string of the molecule is Cc1ccc2nsnc2c1NC(=O)c1cc2ccccc2o1. The number of fused-ring (bicyclic) bond motifs is 2. The van der Waals surface area contributed by atoms with Crippen molar-refractivity contribution in [1.29, 1.82) is 0 Å². The van der Waals surface area contributed by atoms with E-state index in [-0.39, 0.29) is 11.7 Å². The van der Waals surface area contributed by atoms with Gasteiger partial charge in [-0.3, -0.25) is 4.79 Å². The molecule has 2 aromatic heterocycles. The highest BCUT2D eigenvalue weighted by Crippen LogP contribution is 2.27. The van der Waals surface area contributed by atoms with Crippen LogP contribution in [-0.4, -0.2) is 14.7 Å². The Kier molecular flexibility index (Phi) is 2.90. The first-order chi connectivity index (χ1) is 10.7. The molecule has 1 amide bonds. The number of hydrogen-bond acceptors (Lipinski definition) is 5. The van der Waals surface area contributed by atoms with Crippen LogP contribution in [-0.2, 0) is 0 Å². The molecular weight excluding hydrogens is 298 g/mol. The van der Waals surface area contributed by atoms with Gasteiger partial charge in [0, 0.05) is 5.39 Å². The van der Waals surface area contributed by atoms with Gasteiger partial charge in [0.05, 0.1) is 17.4 Å². The number of para-hydroxylation sites is 1. The Balaban J connectivity index is 1.74. The summed E-state index contributed by atoms with van der Waals surface area (Å²) in [6, 6.07) is 13.1. The van der Waals surface area contributed by atoms with Crippen LogP contribution in [0.4, 0.5) is 5.69 Å². The first kappa shape index (κ1) is 13.0. The quantitative estimate of drug-likeness (QED) is 0.607. The van der Waals surface area contributed by atoms with Gasteiger partial charge in [-0.25, -0.2) is 0 Å². The average molecular weight is 309 g/mol. The van der Waals surface area contributed by atoms with Gasteiger partial charge in [-0.15, -0.1) is 0 Å². The molecule has 1 N–H and O–H groups in total. The Morgan fingerprint density at radius 1 is 1.18 bits per heavy atom. The van der Waals surface area contributed by atoms with Gasteiger partial charge in [0.15, 0.2) is 5.76 Å². The number of amides is 1. The zero-order valence-electron chi connectivity index (χ0n) is 11.7. The van der Waals surface area contributed by atoms with Crippen molar-refractivity contribution in [2.45, 2.75) is 6.92 Å². The second kappa shape index (κ2) is 4.92. The smallest absolute Gasteiger partial charge is 0.291 e. The van der Waals surface area contributed by atoms with Crippen LogP contribution in [0.1, 0.15) is 16.1 Å². The van der Waals surface area contributed by atoms with Gasteiger partial charge >= 0.3 is 0 Å². The number of aryl methyl sites for hydroxylation is 1. The molecule has 0 radical (unpaired) electrons. The van der Waals surface area contributed by atoms with Gasteiger partial charge in [-0.05, 0) is 30.7 Å². The summed E-state index contributed by atoms with van der Waals surface area (Å²) in [7, 11) is 0.